The number of carbonyl (C=O) groups excluding carboxylic acids is 1. The molecule has 4 nitrogen and oxygen atoms in total. The molecule has 0 radical (unpaired) electrons. The van der Waals surface area contributed by atoms with E-state index in [4.69, 9.17) is 16.6 Å². The topological polar surface area (TPSA) is 46.9 Å². The molecule has 1 aromatic heterocycles. The van der Waals surface area contributed by atoms with Gasteiger partial charge in [0.1, 0.15) is 5.82 Å². The van der Waals surface area contributed by atoms with Gasteiger partial charge in [0.15, 0.2) is 0 Å². The van der Waals surface area contributed by atoms with E-state index in [0.717, 1.165) is 41.8 Å². The van der Waals surface area contributed by atoms with Gasteiger partial charge in [0, 0.05) is 19.5 Å². The number of nitrogens with one attached hydrogen (secondary N) is 1. The van der Waals surface area contributed by atoms with E-state index in [2.05, 4.69) is 22.5 Å². The van der Waals surface area contributed by atoms with E-state index >= 15 is 0 Å². The highest BCUT2D eigenvalue weighted by Crippen LogP contribution is 2.18. The molecule has 26 heavy (non-hydrogen) atoms. The van der Waals surface area contributed by atoms with Gasteiger partial charge in [0.2, 0.25) is 0 Å². The molecule has 5 heteroatoms. The number of imidazole rings is 1. The maximum Gasteiger partial charge on any atom is 0.252 e. The standard InChI is InChI=1S/C21H22ClN3O/c1-15(2)14-25-19-11-6-5-10-18(19)24-20(25)12-7-13-23-21(26)16-8-3-4-9-17(16)22/h3-6,8-11H,1,7,12-14H2,2H3,(H,23,26). The van der Waals surface area contributed by atoms with E-state index in [1.54, 1.807) is 18.2 Å². The molecule has 1 heterocycles. The maximum atomic E-state index is 12.2. The number of halogens is 1. The maximum absolute atomic E-state index is 12.2. The minimum atomic E-state index is -0.147. The van der Waals surface area contributed by atoms with E-state index in [1.165, 1.54) is 0 Å². The largest absolute Gasteiger partial charge is 0.352 e. The molecule has 0 aliphatic carbocycles. The van der Waals surface area contributed by atoms with Crippen LogP contribution in [0.4, 0.5) is 0 Å². The highest BCUT2D eigenvalue weighted by Gasteiger charge is 2.11. The first kappa shape index (κ1) is 18.2. The van der Waals surface area contributed by atoms with Crippen molar-refractivity contribution in [2.45, 2.75) is 26.3 Å². The Labute approximate surface area is 158 Å². The van der Waals surface area contributed by atoms with Crippen molar-refractivity contribution >= 4 is 28.5 Å². The molecule has 3 aromatic rings. The second-order valence-corrected chi connectivity index (χ2v) is 6.81. The third-order valence-corrected chi connectivity index (χ3v) is 4.47. The number of hydrogen-bond donors (Lipinski definition) is 1. The summed E-state index contributed by atoms with van der Waals surface area (Å²) in [6.07, 6.45) is 1.58. The van der Waals surface area contributed by atoms with Crippen LogP contribution in [0.15, 0.2) is 60.7 Å². The molecule has 0 atom stereocenters. The summed E-state index contributed by atoms with van der Waals surface area (Å²) in [5.41, 5.74) is 3.69. The lowest BCUT2D eigenvalue weighted by molar-refractivity contribution is 0.0953. The second-order valence-electron chi connectivity index (χ2n) is 6.40. The van der Waals surface area contributed by atoms with E-state index < -0.39 is 0 Å². The van der Waals surface area contributed by atoms with Crippen LogP contribution in [0.2, 0.25) is 5.02 Å². The average molecular weight is 368 g/mol. The lowest BCUT2D eigenvalue weighted by Crippen LogP contribution is -2.25. The van der Waals surface area contributed by atoms with Gasteiger partial charge in [0.05, 0.1) is 21.6 Å². The van der Waals surface area contributed by atoms with E-state index in [1.807, 2.05) is 31.2 Å². The van der Waals surface area contributed by atoms with Crippen LogP contribution in [0.25, 0.3) is 11.0 Å². The molecular formula is C21H22ClN3O. The Morgan fingerprint density at radius 1 is 1.19 bits per heavy atom. The zero-order valence-corrected chi connectivity index (χ0v) is 15.6. The number of rotatable bonds is 7. The van der Waals surface area contributed by atoms with Crippen LogP contribution in [0.1, 0.15) is 29.5 Å². The van der Waals surface area contributed by atoms with Crippen molar-refractivity contribution in [2.75, 3.05) is 6.54 Å². The number of amides is 1. The highest BCUT2D eigenvalue weighted by molar-refractivity contribution is 6.33. The van der Waals surface area contributed by atoms with Gasteiger partial charge in [-0.3, -0.25) is 4.79 Å². The van der Waals surface area contributed by atoms with Gasteiger partial charge < -0.3 is 9.88 Å². The third-order valence-electron chi connectivity index (χ3n) is 4.14. The number of hydrogen-bond acceptors (Lipinski definition) is 2. The number of aromatic nitrogens is 2. The summed E-state index contributed by atoms with van der Waals surface area (Å²) in [5, 5.41) is 3.39. The average Bonchev–Trinajstić information content (AvgIpc) is 2.96. The number of para-hydroxylation sites is 2. The Bertz CT molecular complexity index is 945. The monoisotopic (exact) mass is 367 g/mol. The smallest absolute Gasteiger partial charge is 0.252 e. The van der Waals surface area contributed by atoms with Gasteiger partial charge in [-0.25, -0.2) is 4.98 Å². The van der Waals surface area contributed by atoms with Crippen molar-refractivity contribution < 1.29 is 4.79 Å². The molecule has 0 saturated heterocycles. The Hall–Kier alpha value is -2.59. The summed E-state index contributed by atoms with van der Waals surface area (Å²) >= 11 is 6.06. The number of allylic oxidation sites excluding steroid dienone is 1. The first-order valence-corrected chi connectivity index (χ1v) is 9.05. The molecule has 2 aromatic carbocycles. The number of benzene rings is 2. The molecule has 0 spiro atoms. The number of aryl methyl sites for hydroxylation is 1. The zero-order valence-electron chi connectivity index (χ0n) is 14.8. The van der Waals surface area contributed by atoms with Crippen molar-refractivity contribution in [2.24, 2.45) is 0 Å². The van der Waals surface area contributed by atoms with Gasteiger partial charge in [-0.15, -0.1) is 0 Å². The van der Waals surface area contributed by atoms with E-state index in [-0.39, 0.29) is 5.91 Å². The van der Waals surface area contributed by atoms with Crippen LogP contribution >= 0.6 is 11.6 Å². The molecule has 0 unspecified atom stereocenters. The molecule has 3 rings (SSSR count). The Morgan fingerprint density at radius 3 is 2.69 bits per heavy atom. The highest BCUT2D eigenvalue weighted by atomic mass is 35.5. The summed E-state index contributed by atoms with van der Waals surface area (Å²) in [5.74, 6) is 0.868. The lowest BCUT2D eigenvalue weighted by atomic mass is 10.2. The molecule has 1 N–H and O–H groups in total. The Kier molecular flexibility index (Phi) is 5.74. The summed E-state index contributed by atoms with van der Waals surface area (Å²) < 4.78 is 2.20. The second kappa shape index (κ2) is 8.19. The van der Waals surface area contributed by atoms with Gasteiger partial charge in [-0.1, -0.05) is 48.0 Å². The summed E-state index contributed by atoms with van der Waals surface area (Å²) in [4.78, 5) is 16.9. The van der Waals surface area contributed by atoms with Crippen molar-refractivity contribution in [3.8, 4) is 0 Å². The number of fused-ring (bicyclic) bond motifs is 1. The van der Waals surface area contributed by atoms with Crippen LogP contribution in [0.5, 0.6) is 0 Å². The lowest BCUT2D eigenvalue weighted by Gasteiger charge is -2.10. The van der Waals surface area contributed by atoms with Crippen LogP contribution in [0.3, 0.4) is 0 Å². The summed E-state index contributed by atoms with van der Waals surface area (Å²) in [6.45, 7) is 7.36. The minimum absolute atomic E-state index is 0.147. The van der Waals surface area contributed by atoms with Crippen molar-refractivity contribution in [3.63, 3.8) is 0 Å². The SMILES string of the molecule is C=C(C)Cn1c(CCCNC(=O)c2ccccc2Cl)nc2ccccc21. The van der Waals surface area contributed by atoms with Crippen LogP contribution in [0, 0.1) is 0 Å². The van der Waals surface area contributed by atoms with Gasteiger partial charge in [-0.05, 0) is 37.6 Å². The number of nitrogens with zero attached hydrogens (tertiary/aromatic N) is 2. The van der Waals surface area contributed by atoms with Crippen LogP contribution < -0.4 is 5.32 Å². The molecule has 0 saturated carbocycles. The third kappa shape index (κ3) is 4.14. The fourth-order valence-electron chi connectivity index (χ4n) is 2.95. The molecule has 134 valence electrons. The molecule has 0 fully saturated rings. The van der Waals surface area contributed by atoms with Crippen molar-refractivity contribution in [3.05, 3.63) is 77.1 Å². The van der Waals surface area contributed by atoms with Crippen LogP contribution in [-0.2, 0) is 13.0 Å². The molecule has 0 aliphatic heterocycles. The van der Waals surface area contributed by atoms with Gasteiger partial charge in [0.25, 0.3) is 5.91 Å². The first-order chi connectivity index (χ1) is 12.6. The quantitative estimate of drug-likeness (QED) is 0.489. The van der Waals surface area contributed by atoms with Crippen LogP contribution in [-0.4, -0.2) is 22.0 Å². The van der Waals surface area contributed by atoms with E-state index in [9.17, 15) is 4.79 Å². The van der Waals surface area contributed by atoms with Crippen molar-refractivity contribution in [1.29, 1.82) is 0 Å². The van der Waals surface area contributed by atoms with E-state index in [0.29, 0.717) is 17.1 Å². The molecular weight excluding hydrogens is 346 g/mol. The fourth-order valence-corrected chi connectivity index (χ4v) is 3.17. The first-order valence-electron chi connectivity index (χ1n) is 8.67. The normalized spacial score (nSPS) is 10.8. The minimum Gasteiger partial charge on any atom is -0.352 e. The molecule has 0 aliphatic rings. The predicted octanol–water partition coefficient (Wildman–Crippen LogP) is 4.63. The molecule has 1 amide bonds. The molecule has 0 bridgehead atoms. The zero-order chi connectivity index (χ0) is 18.5. The summed E-state index contributed by atoms with van der Waals surface area (Å²) in [6, 6.07) is 15.2. The fraction of sp³-hybridized carbons (Fsp3) is 0.238. The number of carbonyl (C=O) groups is 1. The Morgan fingerprint density at radius 2 is 1.92 bits per heavy atom. The summed E-state index contributed by atoms with van der Waals surface area (Å²) in [7, 11) is 0. The van der Waals surface area contributed by atoms with Gasteiger partial charge in [-0.2, -0.15) is 0 Å². The predicted molar refractivity (Wildman–Crippen MR) is 107 cm³/mol. The van der Waals surface area contributed by atoms with Crippen molar-refractivity contribution in [1.82, 2.24) is 14.9 Å². The Balaban J connectivity index is 1.64. The van der Waals surface area contributed by atoms with Gasteiger partial charge >= 0.3 is 0 Å².